The molecule has 2 saturated heterocycles. The molecule has 37 heavy (non-hydrogen) atoms. The van der Waals surface area contributed by atoms with Crippen LogP contribution in [0.4, 0.5) is 8.78 Å². The third-order valence-corrected chi connectivity index (χ3v) is 9.57. The summed E-state index contributed by atoms with van der Waals surface area (Å²) in [4.78, 5) is 15.6. The normalized spacial score (nSPS) is 32.6. The molecule has 2 saturated carbocycles. The van der Waals surface area contributed by atoms with Crippen molar-refractivity contribution in [2.24, 2.45) is 17.3 Å². The second kappa shape index (κ2) is 9.12. The van der Waals surface area contributed by atoms with Gasteiger partial charge in [-0.3, -0.25) is 9.69 Å². The number of hydrogen-bond donors (Lipinski definition) is 2. The standard InChI is InChI=1S/C28H38F2N6O/c1-17(2)25-34-33-18(3)36(25)15-20-13-23-27(20)14-24(27)35(23)12-10-22(19-7-5-4-6-8-19)32-26(37)21-9-11-31-16-28(21,29)30/h4-8,17,20-24,31H,9-16H2,1-3H3,(H,32,37)/t20?,21?,22?,23?,24-,27?/m0/s1. The summed E-state index contributed by atoms with van der Waals surface area (Å²) >= 11 is 0. The summed E-state index contributed by atoms with van der Waals surface area (Å²) in [5.41, 5.74) is 1.42. The van der Waals surface area contributed by atoms with Crippen LogP contribution in [0.5, 0.6) is 0 Å². The van der Waals surface area contributed by atoms with Gasteiger partial charge < -0.3 is 15.2 Å². The van der Waals surface area contributed by atoms with Crippen LogP contribution in [-0.4, -0.2) is 63.2 Å². The van der Waals surface area contributed by atoms with Gasteiger partial charge in [-0.2, -0.15) is 0 Å². The molecule has 6 rings (SSSR count). The van der Waals surface area contributed by atoms with Gasteiger partial charge in [0, 0.05) is 36.5 Å². The highest BCUT2D eigenvalue weighted by molar-refractivity contribution is 5.80. The third-order valence-electron chi connectivity index (χ3n) is 9.57. The zero-order valence-corrected chi connectivity index (χ0v) is 22.0. The summed E-state index contributed by atoms with van der Waals surface area (Å²) in [7, 11) is 0. The molecule has 1 spiro atoms. The lowest BCUT2D eigenvalue weighted by Crippen LogP contribution is -2.67. The lowest BCUT2D eigenvalue weighted by atomic mass is 9.60. The highest BCUT2D eigenvalue weighted by Crippen LogP contribution is 2.76. The summed E-state index contributed by atoms with van der Waals surface area (Å²) in [5.74, 6) is -1.73. The monoisotopic (exact) mass is 512 g/mol. The Hall–Kier alpha value is -2.39. The van der Waals surface area contributed by atoms with Gasteiger partial charge >= 0.3 is 0 Å². The van der Waals surface area contributed by atoms with E-state index in [9.17, 15) is 13.6 Å². The molecule has 0 bridgehead atoms. The Balaban J connectivity index is 1.08. The van der Waals surface area contributed by atoms with Gasteiger partial charge in [-0.15, -0.1) is 10.2 Å². The van der Waals surface area contributed by atoms with Gasteiger partial charge in [0.05, 0.1) is 12.6 Å². The Bertz CT molecular complexity index is 1150. The van der Waals surface area contributed by atoms with Crippen molar-refractivity contribution >= 4 is 5.91 Å². The molecule has 6 atom stereocenters. The van der Waals surface area contributed by atoms with Gasteiger partial charge in [-0.05, 0) is 50.6 Å². The Morgan fingerprint density at radius 2 is 2.00 bits per heavy atom. The predicted octanol–water partition coefficient (Wildman–Crippen LogP) is 3.67. The number of nitrogens with zero attached hydrogens (tertiary/aromatic N) is 4. The van der Waals surface area contributed by atoms with Crippen LogP contribution in [0.2, 0.25) is 0 Å². The molecule has 4 aliphatic rings. The van der Waals surface area contributed by atoms with Crippen molar-refractivity contribution in [2.45, 2.75) is 83.0 Å². The molecule has 5 unspecified atom stereocenters. The number of hydrogen-bond acceptors (Lipinski definition) is 5. The maximum atomic E-state index is 14.4. The fourth-order valence-corrected chi connectivity index (χ4v) is 7.44. The number of carbonyl (C=O) groups is 1. The van der Waals surface area contributed by atoms with Gasteiger partial charge in [-0.1, -0.05) is 44.2 Å². The summed E-state index contributed by atoms with van der Waals surface area (Å²) in [6.45, 7) is 8.26. The molecule has 9 heteroatoms. The smallest absolute Gasteiger partial charge is 0.271 e. The van der Waals surface area contributed by atoms with E-state index in [2.05, 4.69) is 44.1 Å². The summed E-state index contributed by atoms with van der Waals surface area (Å²) in [5, 5.41) is 14.4. The second-order valence-electron chi connectivity index (χ2n) is 11.9. The molecule has 0 radical (unpaired) electrons. The van der Waals surface area contributed by atoms with Gasteiger partial charge in [0.2, 0.25) is 5.91 Å². The number of piperidine rings is 2. The largest absolute Gasteiger partial charge is 0.349 e. The summed E-state index contributed by atoms with van der Waals surface area (Å²) in [6, 6.07) is 10.7. The molecule has 2 aliphatic heterocycles. The van der Waals surface area contributed by atoms with Crippen LogP contribution in [0, 0.1) is 24.2 Å². The summed E-state index contributed by atoms with van der Waals surface area (Å²) in [6.07, 6.45) is 3.30. The molecular formula is C28H38F2N6O. The van der Waals surface area contributed by atoms with E-state index in [0.29, 0.717) is 35.9 Å². The highest BCUT2D eigenvalue weighted by atomic mass is 19.3. The SMILES string of the molecule is Cc1nnc(C(C)C)n1CC1CC2N(CCC(NC(=O)C3CCNCC3(F)F)c3ccccc3)[C@H]3CC123. The molecule has 1 aromatic heterocycles. The van der Waals surface area contributed by atoms with Crippen molar-refractivity contribution in [1.29, 1.82) is 0 Å². The minimum absolute atomic E-state index is 0.158. The number of halogens is 2. The molecule has 1 aromatic carbocycles. The Morgan fingerprint density at radius 3 is 2.70 bits per heavy atom. The molecule has 200 valence electrons. The topological polar surface area (TPSA) is 75.1 Å². The number of alkyl halides is 2. The fraction of sp³-hybridized carbons (Fsp3) is 0.679. The second-order valence-corrected chi connectivity index (χ2v) is 11.9. The first-order valence-electron chi connectivity index (χ1n) is 13.8. The van der Waals surface area contributed by atoms with E-state index in [1.165, 1.54) is 12.8 Å². The maximum Gasteiger partial charge on any atom is 0.271 e. The number of likely N-dealkylation sites (tertiary alicyclic amines) is 1. The average molecular weight is 513 g/mol. The molecule has 2 aliphatic carbocycles. The predicted molar refractivity (Wildman–Crippen MR) is 136 cm³/mol. The lowest BCUT2D eigenvalue weighted by molar-refractivity contribution is -0.144. The van der Waals surface area contributed by atoms with Crippen molar-refractivity contribution in [3.8, 4) is 0 Å². The molecule has 7 nitrogen and oxygen atoms in total. The lowest BCUT2D eigenvalue weighted by Gasteiger charge is -2.61. The van der Waals surface area contributed by atoms with Gasteiger partial charge in [-0.25, -0.2) is 8.78 Å². The number of benzene rings is 1. The molecule has 4 fully saturated rings. The number of rotatable bonds is 9. The number of aromatic nitrogens is 3. The van der Waals surface area contributed by atoms with Crippen LogP contribution >= 0.6 is 0 Å². The molecule has 3 heterocycles. The van der Waals surface area contributed by atoms with Crippen LogP contribution in [-0.2, 0) is 11.3 Å². The van der Waals surface area contributed by atoms with Crippen LogP contribution in [0.3, 0.4) is 0 Å². The molecule has 2 aromatic rings. The van der Waals surface area contributed by atoms with Gasteiger partial charge in [0.25, 0.3) is 5.92 Å². The quantitative estimate of drug-likeness (QED) is 0.536. The maximum absolute atomic E-state index is 14.4. The first-order chi connectivity index (χ1) is 17.7. The fourth-order valence-electron chi connectivity index (χ4n) is 7.44. The Kier molecular flexibility index (Phi) is 6.14. The number of nitrogens with one attached hydrogen (secondary N) is 2. The van der Waals surface area contributed by atoms with Crippen LogP contribution in [0.1, 0.15) is 68.7 Å². The van der Waals surface area contributed by atoms with Crippen molar-refractivity contribution in [3.63, 3.8) is 0 Å². The van der Waals surface area contributed by atoms with E-state index >= 15 is 0 Å². The van der Waals surface area contributed by atoms with E-state index in [-0.39, 0.29) is 12.5 Å². The highest BCUT2D eigenvalue weighted by Gasteiger charge is 2.80. The average Bonchev–Trinajstić information content (AvgIpc) is 3.49. The zero-order chi connectivity index (χ0) is 25.9. The van der Waals surface area contributed by atoms with Gasteiger partial charge in [0.1, 0.15) is 17.6 Å². The van der Waals surface area contributed by atoms with E-state index < -0.39 is 24.3 Å². The molecule has 1 amide bonds. The van der Waals surface area contributed by atoms with E-state index in [0.717, 1.165) is 36.7 Å². The zero-order valence-electron chi connectivity index (χ0n) is 22.0. The number of carbonyl (C=O) groups excluding carboxylic acids is 1. The van der Waals surface area contributed by atoms with Crippen LogP contribution in [0.25, 0.3) is 0 Å². The first-order valence-corrected chi connectivity index (χ1v) is 13.8. The van der Waals surface area contributed by atoms with Gasteiger partial charge in [0.15, 0.2) is 0 Å². The van der Waals surface area contributed by atoms with Crippen molar-refractivity contribution < 1.29 is 13.6 Å². The molecule has 2 N–H and O–H groups in total. The first kappa shape index (κ1) is 24.9. The van der Waals surface area contributed by atoms with E-state index in [4.69, 9.17) is 0 Å². The van der Waals surface area contributed by atoms with E-state index in [1.54, 1.807) is 0 Å². The van der Waals surface area contributed by atoms with Crippen LogP contribution < -0.4 is 10.6 Å². The Morgan fingerprint density at radius 1 is 1.22 bits per heavy atom. The number of aryl methyl sites for hydroxylation is 1. The molecular weight excluding hydrogens is 474 g/mol. The number of amides is 1. The van der Waals surface area contributed by atoms with Crippen LogP contribution in [0.15, 0.2) is 30.3 Å². The third kappa shape index (κ3) is 4.09. The van der Waals surface area contributed by atoms with Crippen molar-refractivity contribution in [2.75, 3.05) is 19.6 Å². The minimum Gasteiger partial charge on any atom is -0.349 e. The Labute approximate surface area is 217 Å². The van der Waals surface area contributed by atoms with E-state index in [1.807, 2.05) is 37.3 Å². The summed E-state index contributed by atoms with van der Waals surface area (Å²) < 4.78 is 31.2. The minimum atomic E-state index is -3.02. The van der Waals surface area contributed by atoms with Crippen molar-refractivity contribution in [3.05, 3.63) is 47.5 Å². The van der Waals surface area contributed by atoms with Crippen molar-refractivity contribution in [1.82, 2.24) is 30.3 Å².